The maximum absolute atomic E-state index is 12.2. The zero-order valence-corrected chi connectivity index (χ0v) is 16.5. The van der Waals surface area contributed by atoms with Gasteiger partial charge < -0.3 is 20.1 Å². The number of hydrogen-bond acceptors (Lipinski definition) is 9. The summed E-state index contributed by atoms with van der Waals surface area (Å²) in [4.78, 5) is 27.2. The number of anilines is 3. The monoisotopic (exact) mass is 414 g/mol. The van der Waals surface area contributed by atoms with Gasteiger partial charge in [0.05, 0.1) is 23.3 Å². The Morgan fingerprint density at radius 1 is 1.24 bits per heavy atom. The summed E-state index contributed by atoms with van der Waals surface area (Å²) >= 11 is 1.37. The number of methoxy groups -OCH3 is 1. The highest BCUT2D eigenvalue weighted by Crippen LogP contribution is 2.26. The van der Waals surface area contributed by atoms with Crippen LogP contribution in [0.25, 0.3) is 0 Å². The van der Waals surface area contributed by atoms with Gasteiger partial charge >= 0.3 is 5.97 Å². The van der Waals surface area contributed by atoms with Crippen molar-refractivity contribution in [3.63, 3.8) is 0 Å². The highest BCUT2D eigenvalue weighted by Gasteiger charge is 2.18. The molecule has 0 aliphatic carbocycles. The SMILES string of the molecule is CNc1ccc(C(=O)OCc2csc(Nc3ccc(OC)cc3)n2)cc1[N+](=O)[O-]. The third-order valence-corrected chi connectivity index (χ3v) is 4.75. The van der Waals surface area contributed by atoms with Crippen molar-refractivity contribution >= 4 is 39.5 Å². The van der Waals surface area contributed by atoms with Gasteiger partial charge in [0.1, 0.15) is 18.0 Å². The summed E-state index contributed by atoms with van der Waals surface area (Å²) in [5, 5.41) is 19.4. The van der Waals surface area contributed by atoms with E-state index in [0.29, 0.717) is 16.5 Å². The number of hydrogen-bond donors (Lipinski definition) is 2. The predicted octanol–water partition coefficient (Wildman–Crippen LogP) is 4.20. The smallest absolute Gasteiger partial charge is 0.338 e. The van der Waals surface area contributed by atoms with Crippen LogP contribution in [0.3, 0.4) is 0 Å². The lowest BCUT2D eigenvalue weighted by molar-refractivity contribution is -0.384. The van der Waals surface area contributed by atoms with Crippen molar-refractivity contribution in [2.45, 2.75) is 6.61 Å². The molecular weight excluding hydrogens is 396 g/mol. The summed E-state index contributed by atoms with van der Waals surface area (Å²) in [5.41, 5.74) is 1.64. The number of thiazole rings is 1. The number of nitro benzene ring substituents is 1. The van der Waals surface area contributed by atoms with E-state index in [1.807, 2.05) is 24.3 Å². The molecular formula is C19H18N4O5S. The van der Waals surface area contributed by atoms with Gasteiger partial charge in [-0.3, -0.25) is 10.1 Å². The number of esters is 1. The molecule has 0 radical (unpaired) electrons. The number of nitro groups is 1. The number of nitrogens with zero attached hydrogens (tertiary/aromatic N) is 2. The highest BCUT2D eigenvalue weighted by molar-refractivity contribution is 7.13. The molecule has 3 rings (SSSR count). The summed E-state index contributed by atoms with van der Waals surface area (Å²) in [7, 11) is 3.17. The fraction of sp³-hybridized carbons (Fsp3) is 0.158. The van der Waals surface area contributed by atoms with Crippen LogP contribution in [-0.4, -0.2) is 30.0 Å². The maximum atomic E-state index is 12.2. The van der Waals surface area contributed by atoms with Gasteiger partial charge in [0, 0.05) is 24.2 Å². The first kappa shape index (κ1) is 20.1. The number of aromatic nitrogens is 1. The van der Waals surface area contributed by atoms with E-state index in [4.69, 9.17) is 9.47 Å². The summed E-state index contributed by atoms with van der Waals surface area (Å²) in [5.74, 6) is 0.0960. The van der Waals surface area contributed by atoms with Crippen LogP contribution >= 0.6 is 11.3 Å². The lowest BCUT2D eigenvalue weighted by Gasteiger charge is -2.06. The largest absolute Gasteiger partial charge is 0.497 e. The number of nitrogens with one attached hydrogen (secondary N) is 2. The molecule has 2 aromatic carbocycles. The lowest BCUT2D eigenvalue weighted by atomic mass is 10.1. The van der Waals surface area contributed by atoms with E-state index in [-0.39, 0.29) is 17.9 Å². The Kier molecular flexibility index (Phi) is 6.25. The van der Waals surface area contributed by atoms with Gasteiger partial charge in [-0.2, -0.15) is 0 Å². The molecule has 0 bridgehead atoms. The molecule has 9 nitrogen and oxygen atoms in total. The molecule has 3 aromatic rings. The molecule has 10 heteroatoms. The summed E-state index contributed by atoms with van der Waals surface area (Å²) in [6, 6.07) is 11.5. The first-order valence-electron chi connectivity index (χ1n) is 8.49. The Bertz CT molecular complexity index is 1020. The van der Waals surface area contributed by atoms with Crippen LogP contribution in [0.5, 0.6) is 5.75 Å². The van der Waals surface area contributed by atoms with Crippen LogP contribution in [0.15, 0.2) is 47.8 Å². The molecule has 0 atom stereocenters. The first-order chi connectivity index (χ1) is 14.0. The molecule has 2 N–H and O–H groups in total. The summed E-state index contributed by atoms with van der Waals surface area (Å²) < 4.78 is 10.4. The van der Waals surface area contributed by atoms with Gasteiger partial charge in [0.25, 0.3) is 5.69 Å². The van der Waals surface area contributed by atoms with Crippen molar-refractivity contribution in [1.29, 1.82) is 0 Å². The highest BCUT2D eigenvalue weighted by atomic mass is 32.1. The van der Waals surface area contributed by atoms with Gasteiger partial charge in [0.15, 0.2) is 5.13 Å². The number of carbonyl (C=O) groups is 1. The standard InChI is InChI=1S/C19H18N4O5S/c1-20-16-8-3-12(9-17(16)23(25)26)18(24)28-10-14-11-29-19(22-14)21-13-4-6-15(27-2)7-5-13/h3-9,11,20H,10H2,1-2H3,(H,21,22). The van der Waals surface area contributed by atoms with E-state index in [1.54, 1.807) is 19.5 Å². The summed E-state index contributed by atoms with van der Waals surface area (Å²) in [6.45, 7) is -0.0405. The second-order valence-corrected chi connectivity index (χ2v) is 6.67. The quantitative estimate of drug-likeness (QED) is 0.320. The van der Waals surface area contributed by atoms with Crippen molar-refractivity contribution in [2.75, 3.05) is 24.8 Å². The maximum Gasteiger partial charge on any atom is 0.338 e. The number of benzene rings is 2. The predicted molar refractivity (Wildman–Crippen MR) is 110 cm³/mol. The van der Waals surface area contributed by atoms with Crippen LogP contribution in [0, 0.1) is 10.1 Å². The Morgan fingerprint density at radius 3 is 2.66 bits per heavy atom. The zero-order valence-electron chi connectivity index (χ0n) is 15.7. The van der Waals surface area contributed by atoms with Crippen molar-refractivity contribution < 1.29 is 19.2 Å². The van der Waals surface area contributed by atoms with E-state index >= 15 is 0 Å². The van der Waals surface area contributed by atoms with E-state index in [1.165, 1.54) is 29.5 Å². The van der Waals surface area contributed by atoms with Crippen molar-refractivity contribution in [3.05, 3.63) is 69.2 Å². The molecule has 0 fully saturated rings. The molecule has 0 aliphatic rings. The minimum Gasteiger partial charge on any atom is -0.497 e. The molecule has 0 aliphatic heterocycles. The third kappa shape index (κ3) is 4.99. The van der Waals surface area contributed by atoms with Crippen LogP contribution < -0.4 is 15.4 Å². The average molecular weight is 414 g/mol. The van der Waals surface area contributed by atoms with E-state index < -0.39 is 10.9 Å². The molecule has 0 amide bonds. The van der Waals surface area contributed by atoms with Crippen LogP contribution in [0.1, 0.15) is 16.1 Å². The van der Waals surface area contributed by atoms with Crippen LogP contribution in [0.2, 0.25) is 0 Å². The molecule has 0 saturated heterocycles. The second-order valence-electron chi connectivity index (χ2n) is 5.81. The molecule has 0 saturated carbocycles. The van der Waals surface area contributed by atoms with Crippen molar-refractivity contribution in [2.24, 2.45) is 0 Å². The minimum atomic E-state index is -0.659. The van der Waals surface area contributed by atoms with Gasteiger partial charge in [-0.05, 0) is 36.4 Å². The van der Waals surface area contributed by atoms with Gasteiger partial charge in [0.2, 0.25) is 0 Å². The Balaban J connectivity index is 1.61. The van der Waals surface area contributed by atoms with Gasteiger partial charge in [-0.25, -0.2) is 9.78 Å². The molecule has 150 valence electrons. The van der Waals surface area contributed by atoms with Crippen molar-refractivity contribution in [3.8, 4) is 5.75 Å². The molecule has 0 unspecified atom stereocenters. The fourth-order valence-corrected chi connectivity index (χ4v) is 3.19. The number of carbonyl (C=O) groups excluding carboxylic acids is 1. The Hall–Kier alpha value is -3.66. The fourth-order valence-electron chi connectivity index (χ4n) is 2.47. The Labute approximate surface area is 170 Å². The molecule has 1 aromatic heterocycles. The Morgan fingerprint density at radius 2 is 2.00 bits per heavy atom. The third-order valence-electron chi connectivity index (χ3n) is 3.94. The van der Waals surface area contributed by atoms with E-state index in [0.717, 1.165) is 11.4 Å². The molecule has 1 heterocycles. The number of rotatable bonds is 8. The normalized spacial score (nSPS) is 10.3. The molecule has 0 spiro atoms. The van der Waals surface area contributed by atoms with Crippen LogP contribution in [-0.2, 0) is 11.3 Å². The minimum absolute atomic E-state index is 0.0405. The van der Waals surface area contributed by atoms with E-state index in [2.05, 4.69) is 15.6 Å². The van der Waals surface area contributed by atoms with Crippen molar-refractivity contribution in [1.82, 2.24) is 4.98 Å². The first-order valence-corrected chi connectivity index (χ1v) is 9.37. The number of ether oxygens (including phenoxy) is 2. The molecule has 29 heavy (non-hydrogen) atoms. The lowest BCUT2D eigenvalue weighted by Crippen LogP contribution is -2.07. The average Bonchev–Trinajstić information content (AvgIpc) is 3.19. The van der Waals surface area contributed by atoms with E-state index in [9.17, 15) is 14.9 Å². The van der Waals surface area contributed by atoms with Gasteiger partial charge in [-0.15, -0.1) is 11.3 Å². The summed E-state index contributed by atoms with van der Waals surface area (Å²) in [6.07, 6.45) is 0. The zero-order chi connectivity index (χ0) is 20.8. The topological polar surface area (TPSA) is 116 Å². The van der Waals surface area contributed by atoms with Gasteiger partial charge in [-0.1, -0.05) is 0 Å². The second kappa shape index (κ2) is 9.02. The van der Waals surface area contributed by atoms with Crippen LogP contribution in [0.4, 0.5) is 22.2 Å².